The maximum Gasteiger partial charge on any atom is 0.328 e. The summed E-state index contributed by atoms with van der Waals surface area (Å²) in [6, 6.07) is 5.82. The summed E-state index contributed by atoms with van der Waals surface area (Å²) < 4.78 is 22.2. The van der Waals surface area contributed by atoms with Crippen LogP contribution in [0.5, 0.6) is 23.3 Å². The van der Waals surface area contributed by atoms with Gasteiger partial charge >= 0.3 is 11.9 Å². The molecule has 1 aromatic carbocycles. The average Bonchev–Trinajstić information content (AvgIpc) is 2.91. The third-order valence-corrected chi connectivity index (χ3v) is 6.13. The molecule has 3 N–H and O–H groups in total. The third-order valence-electron chi connectivity index (χ3n) is 6.13. The van der Waals surface area contributed by atoms with E-state index >= 15 is 0 Å². The molecule has 3 atom stereocenters. The van der Waals surface area contributed by atoms with Crippen LogP contribution in [0.4, 0.5) is 0 Å². The predicted octanol–water partition coefficient (Wildman–Crippen LogP) is 2.46. The van der Waals surface area contributed by atoms with Crippen LogP contribution >= 0.6 is 0 Å². The van der Waals surface area contributed by atoms with Crippen LogP contribution < -0.4 is 18.9 Å². The maximum atomic E-state index is 10.3. The van der Waals surface area contributed by atoms with Gasteiger partial charge in [-0.15, -0.1) is 10.2 Å². The van der Waals surface area contributed by atoms with E-state index in [4.69, 9.17) is 34.2 Å². The van der Waals surface area contributed by atoms with Gasteiger partial charge in [-0.05, 0) is 43.9 Å². The van der Waals surface area contributed by atoms with Gasteiger partial charge in [0.2, 0.25) is 11.8 Å². The number of fused-ring (bicyclic) bond motifs is 3. The molecule has 0 amide bonds. The molecule has 2 aromatic rings. The molecule has 0 spiro atoms. The van der Waals surface area contributed by atoms with Gasteiger partial charge in [0.25, 0.3) is 0 Å². The standard InChI is InChI=1S/C22H27N3O5.C4H4O4/c1-5-30-19-9-13-14-8-12(26)6-7-17(14)23-21(15(13)10-18(19)27-2)16-11-20(28-3)24-25-22(16)29-4;5-3(6)1-2-4(7)8/h9-12,14,17,26H,5-8H2,1-4H3;1-2H,(H,5,6)(H,7,8)/t12-,14-,17-;/m1./s1. The zero-order valence-corrected chi connectivity index (χ0v) is 21.6. The van der Waals surface area contributed by atoms with E-state index in [2.05, 4.69) is 10.2 Å². The fourth-order valence-corrected chi connectivity index (χ4v) is 4.51. The first-order valence-corrected chi connectivity index (χ1v) is 11.9. The predicted molar refractivity (Wildman–Crippen MR) is 136 cm³/mol. The van der Waals surface area contributed by atoms with E-state index in [0.717, 1.165) is 29.7 Å². The van der Waals surface area contributed by atoms with Crippen LogP contribution in [-0.2, 0) is 9.59 Å². The Morgan fingerprint density at radius 3 is 2.24 bits per heavy atom. The van der Waals surface area contributed by atoms with Gasteiger partial charge in [0, 0.05) is 29.7 Å². The van der Waals surface area contributed by atoms with E-state index in [1.165, 1.54) is 0 Å². The van der Waals surface area contributed by atoms with Crippen molar-refractivity contribution in [2.75, 3.05) is 27.9 Å². The largest absolute Gasteiger partial charge is 0.493 e. The second kappa shape index (κ2) is 12.9. The molecule has 1 fully saturated rings. The second-order valence-corrected chi connectivity index (χ2v) is 8.46. The summed E-state index contributed by atoms with van der Waals surface area (Å²) >= 11 is 0. The Labute approximate surface area is 219 Å². The van der Waals surface area contributed by atoms with Gasteiger partial charge in [0.1, 0.15) is 0 Å². The van der Waals surface area contributed by atoms with E-state index in [1.807, 2.05) is 19.1 Å². The highest BCUT2D eigenvalue weighted by Crippen LogP contribution is 2.45. The normalized spacial score (nSPS) is 19.7. The van der Waals surface area contributed by atoms with Gasteiger partial charge in [0.05, 0.1) is 51.4 Å². The fourth-order valence-electron chi connectivity index (χ4n) is 4.51. The molecule has 38 heavy (non-hydrogen) atoms. The zero-order valence-electron chi connectivity index (χ0n) is 21.6. The number of nitrogens with zero attached hydrogens (tertiary/aromatic N) is 3. The van der Waals surface area contributed by atoms with Gasteiger partial charge in [-0.2, -0.15) is 0 Å². The van der Waals surface area contributed by atoms with Crippen LogP contribution in [-0.4, -0.2) is 83.2 Å². The van der Waals surface area contributed by atoms with Crippen molar-refractivity contribution in [3.05, 3.63) is 47.0 Å². The Morgan fingerprint density at radius 1 is 0.947 bits per heavy atom. The number of benzene rings is 1. The molecule has 0 bridgehead atoms. The number of aliphatic hydroxyl groups is 1. The molecule has 204 valence electrons. The number of carboxylic acid groups (broad SMARTS) is 2. The number of ether oxygens (including phenoxy) is 4. The van der Waals surface area contributed by atoms with E-state index in [0.29, 0.717) is 54.0 Å². The van der Waals surface area contributed by atoms with Crippen LogP contribution in [0, 0.1) is 0 Å². The first-order chi connectivity index (χ1) is 18.2. The number of carboxylic acids is 2. The average molecular weight is 530 g/mol. The fraction of sp³-hybridized carbons (Fsp3) is 0.423. The quantitative estimate of drug-likeness (QED) is 0.429. The Bertz CT molecular complexity index is 1210. The molecule has 1 aliphatic heterocycles. The SMILES string of the molecule is CCOc1cc2c(cc1OC)C(c1cc(OC)nnc1OC)=N[C@@H]1CC[C@@H](O)C[C@H]21.O=C(O)C=CC(=O)O. The molecular weight excluding hydrogens is 498 g/mol. The van der Waals surface area contributed by atoms with Crippen LogP contribution in [0.3, 0.4) is 0 Å². The Balaban J connectivity index is 0.000000436. The summed E-state index contributed by atoms with van der Waals surface area (Å²) in [5.74, 6) is -0.320. The van der Waals surface area contributed by atoms with Gasteiger partial charge in [-0.25, -0.2) is 9.59 Å². The van der Waals surface area contributed by atoms with Crippen LogP contribution in [0.2, 0.25) is 0 Å². The smallest absolute Gasteiger partial charge is 0.328 e. The highest BCUT2D eigenvalue weighted by Gasteiger charge is 2.38. The van der Waals surface area contributed by atoms with E-state index < -0.39 is 11.9 Å². The Kier molecular flexibility index (Phi) is 9.61. The lowest BCUT2D eigenvalue weighted by Gasteiger charge is -2.37. The van der Waals surface area contributed by atoms with Crippen molar-refractivity contribution in [2.45, 2.75) is 44.2 Å². The topological polar surface area (TPSA) is 170 Å². The van der Waals surface area contributed by atoms with Gasteiger partial charge in [-0.3, -0.25) is 4.99 Å². The minimum atomic E-state index is -1.26. The highest BCUT2D eigenvalue weighted by atomic mass is 16.5. The highest BCUT2D eigenvalue weighted by molar-refractivity contribution is 6.16. The number of aliphatic hydroxyl groups excluding tert-OH is 1. The molecule has 0 unspecified atom stereocenters. The van der Waals surface area contributed by atoms with Crippen molar-refractivity contribution >= 4 is 17.7 Å². The number of methoxy groups -OCH3 is 3. The summed E-state index contributed by atoms with van der Waals surface area (Å²) in [5, 5.41) is 34.1. The Morgan fingerprint density at radius 2 is 1.66 bits per heavy atom. The van der Waals surface area contributed by atoms with E-state index in [9.17, 15) is 14.7 Å². The lowest BCUT2D eigenvalue weighted by atomic mass is 9.74. The van der Waals surface area contributed by atoms with Crippen LogP contribution in [0.15, 0.2) is 35.3 Å². The van der Waals surface area contributed by atoms with Crippen molar-refractivity contribution in [3.63, 3.8) is 0 Å². The molecule has 12 heteroatoms. The van der Waals surface area contributed by atoms with E-state index in [1.54, 1.807) is 27.4 Å². The molecule has 1 aromatic heterocycles. The summed E-state index contributed by atoms with van der Waals surface area (Å²) in [6.45, 7) is 2.48. The number of aliphatic carboxylic acids is 2. The first-order valence-electron chi connectivity index (χ1n) is 11.9. The van der Waals surface area contributed by atoms with Crippen molar-refractivity contribution in [2.24, 2.45) is 4.99 Å². The monoisotopic (exact) mass is 529 g/mol. The van der Waals surface area contributed by atoms with Gasteiger partial charge < -0.3 is 34.3 Å². The summed E-state index contributed by atoms with van der Waals surface area (Å²) in [4.78, 5) is 24.2. The minimum Gasteiger partial charge on any atom is -0.493 e. The van der Waals surface area contributed by atoms with Crippen molar-refractivity contribution < 1.29 is 43.9 Å². The van der Waals surface area contributed by atoms with Crippen LogP contribution in [0.1, 0.15) is 48.8 Å². The molecule has 12 nitrogen and oxygen atoms in total. The second-order valence-electron chi connectivity index (χ2n) is 8.46. The number of hydrogen-bond donors (Lipinski definition) is 3. The molecule has 2 aliphatic rings. The number of carbonyl (C=O) groups is 2. The summed E-state index contributed by atoms with van der Waals surface area (Å²) in [6.07, 6.45) is 3.00. The Hall–Kier alpha value is -4.19. The number of hydrogen-bond acceptors (Lipinski definition) is 10. The van der Waals surface area contributed by atoms with Gasteiger partial charge in [0.15, 0.2) is 11.5 Å². The molecular formula is C26H31N3O9. The molecule has 2 heterocycles. The van der Waals surface area contributed by atoms with Crippen molar-refractivity contribution in [1.82, 2.24) is 10.2 Å². The lowest BCUT2D eigenvalue weighted by Crippen LogP contribution is -2.34. The zero-order chi connectivity index (χ0) is 27.8. The van der Waals surface area contributed by atoms with E-state index in [-0.39, 0.29) is 18.1 Å². The number of aliphatic imine (C=N–C) groups is 1. The van der Waals surface area contributed by atoms with Crippen molar-refractivity contribution in [1.29, 1.82) is 0 Å². The van der Waals surface area contributed by atoms with Crippen LogP contribution in [0.25, 0.3) is 0 Å². The molecule has 0 radical (unpaired) electrons. The first kappa shape index (κ1) is 28.4. The minimum absolute atomic E-state index is 0.0580. The van der Waals surface area contributed by atoms with Crippen molar-refractivity contribution in [3.8, 4) is 23.3 Å². The third kappa shape index (κ3) is 6.57. The molecule has 1 saturated carbocycles. The molecule has 4 rings (SSSR count). The molecule has 0 saturated heterocycles. The number of aromatic nitrogens is 2. The number of rotatable bonds is 8. The lowest BCUT2D eigenvalue weighted by molar-refractivity contribution is -0.134. The molecule has 1 aliphatic carbocycles. The summed E-state index contributed by atoms with van der Waals surface area (Å²) in [5.41, 5.74) is 3.47. The summed E-state index contributed by atoms with van der Waals surface area (Å²) in [7, 11) is 4.73. The van der Waals surface area contributed by atoms with Gasteiger partial charge in [-0.1, -0.05) is 0 Å². The maximum absolute atomic E-state index is 10.3.